The lowest BCUT2D eigenvalue weighted by Crippen LogP contribution is -2.33. The first-order valence-corrected chi connectivity index (χ1v) is 6.78. The van der Waals surface area contributed by atoms with Gasteiger partial charge < -0.3 is 4.90 Å². The van der Waals surface area contributed by atoms with Gasteiger partial charge in [0, 0.05) is 18.8 Å². The Morgan fingerprint density at radius 3 is 2.83 bits per heavy atom. The van der Waals surface area contributed by atoms with Crippen LogP contribution in [0.1, 0.15) is 45.1 Å². The maximum absolute atomic E-state index is 9.09. The second kappa shape index (κ2) is 5.02. The van der Waals surface area contributed by atoms with E-state index < -0.39 is 0 Å². The molecule has 96 valence electrons. The second-order valence-electron chi connectivity index (χ2n) is 5.98. The summed E-state index contributed by atoms with van der Waals surface area (Å²) in [6, 6.07) is 11.1. The number of hydrogen-bond acceptors (Lipinski definition) is 2. The van der Waals surface area contributed by atoms with Crippen molar-refractivity contribution >= 4 is 5.69 Å². The van der Waals surface area contributed by atoms with Crippen LogP contribution < -0.4 is 4.90 Å². The predicted molar refractivity (Wildman–Crippen MR) is 75.7 cm³/mol. The highest BCUT2D eigenvalue weighted by Gasteiger charge is 2.24. The van der Waals surface area contributed by atoms with E-state index in [1.54, 1.807) is 0 Å². The van der Waals surface area contributed by atoms with Crippen molar-refractivity contribution in [2.75, 3.05) is 18.0 Å². The van der Waals surface area contributed by atoms with Crippen LogP contribution in [0.5, 0.6) is 0 Å². The zero-order valence-corrected chi connectivity index (χ0v) is 11.6. The molecule has 0 fully saturated rings. The van der Waals surface area contributed by atoms with E-state index in [1.807, 2.05) is 13.8 Å². The first-order valence-electron chi connectivity index (χ1n) is 6.78. The molecular formula is C16H22N2. The van der Waals surface area contributed by atoms with Gasteiger partial charge in [0.05, 0.1) is 11.5 Å². The van der Waals surface area contributed by atoms with E-state index in [-0.39, 0.29) is 5.41 Å². The quantitative estimate of drug-likeness (QED) is 0.802. The zero-order chi connectivity index (χ0) is 13.2. The maximum atomic E-state index is 9.09. The van der Waals surface area contributed by atoms with Crippen molar-refractivity contribution in [2.45, 2.75) is 39.5 Å². The molecule has 0 saturated carbocycles. The highest BCUT2D eigenvalue weighted by molar-refractivity contribution is 5.56. The monoisotopic (exact) mass is 242 g/mol. The Morgan fingerprint density at radius 2 is 2.11 bits per heavy atom. The summed E-state index contributed by atoms with van der Waals surface area (Å²) < 4.78 is 0. The maximum Gasteiger partial charge on any atom is 0.0684 e. The molecule has 2 heteroatoms. The highest BCUT2D eigenvalue weighted by atomic mass is 15.1. The zero-order valence-electron chi connectivity index (χ0n) is 11.6. The van der Waals surface area contributed by atoms with Crippen LogP contribution >= 0.6 is 0 Å². The standard InChI is InChI=1S/C16H22N2/c1-13-8-10-18(11-9-16(2,3)12-17)15-7-5-4-6-14(13)15/h4-7,13H,8-11H2,1-3H3. The van der Waals surface area contributed by atoms with Crippen LogP contribution in [-0.4, -0.2) is 13.1 Å². The molecule has 1 aromatic carbocycles. The van der Waals surface area contributed by atoms with Gasteiger partial charge in [-0.15, -0.1) is 0 Å². The summed E-state index contributed by atoms with van der Waals surface area (Å²) in [7, 11) is 0. The molecule has 1 atom stereocenters. The fraction of sp³-hybridized carbons (Fsp3) is 0.562. The summed E-state index contributed by atoms with van der Waals surface area (Å²) >= 11 is 0. The van der Waals surface area contributed by atoms with E-state index in [9.17, 15) is 0 Å². The molecule has 0 spiro atoms. The SMILES string of the molecule is CC1CCN(CCC(C)(C)C#N)c2ccccc21. The van der Waals surface area contributed by atoms with Gasteiger partial charge in [0.25, 0.3) is 0 Å². The number of nitriles is 1. The van der Waals surface area contributed by atoms with E-state index in [2.05, 4.69) is 42.2 Å². The Bertz CT molecular complexity index is 456. The summed E-state index contributed by atoms with van der Waals surface area (Å²) in [4.78, 5) is 2.44. The van der Waals surface area contributed by atoms with Crippen molar-refractivity contribution < 1.29 is 0 Å². The number of benzene rings is 1. The van der Waals surface area contributed by atoms with E-state index in [0.29, 0.717) is 5.92 Å². The topological polar surface area (TPSA) is 27.0 Å². The molecule has 1 aliphatic heterocycles. The Labute approximate surface area is 110 Å². The van der Waals surface area contributed by atoms with E-state index in [0.717, 1.165) is 19.5 Å². The number of rotatable bonds is 3. The molecule has 0 bridgehead atoms. The van der Waals surface area contributed by atoms with Crippen molar-refractivity contribution in [3.05, 3.63) is 29.8 Å². The fourth-order valence-corrected chi connectivity index (χ4v) is 2.52. The minimum atomic E-state index is -0.224. The molecule has 1 aliphatic rings. The van der Waals surface area contributed by atoms with Gasteiger partial charge in [0.1, 0.15) is 0 Å². The summed E-state index contributed by atoms with van der Waals surface area (Å²) in [5.41, 5.74) is 2.60. The average molecular weight is 242 g/mol. The molecule has 0 saturated heterocycles. The summed E-state index contributed by atoms with van der Waals surface area (Å²) in [6.07, 6.45) is 2.14. The molecule has 18 heavy (non-hydrogen) atoms. The molecule has 0 amide bonds. The Kier molecular flexibility index (Phi) is 3.61. The average Bonchev–Trinajstić information content (AvgIpc) is 2.38. The summed E-state index contributed by atoms with van der Waals surface area (Å²) in [6.45, 7) is 8.43. The predicted octanol–water partition coefficient (Wildman–Crippen LogP) is 3.94. The molecule has 0 N–H and O–H groups in total. The summed E-state index contributed by atoms with van der Waals surface area (Å²) in [5, 5.41) is 9.09. The van der Waals surface area contributed by atoms with E-state index in [4.69, 9.17) is 5.26 Å². The van der Waals surface area contributed by atoms with Gasteiger partial charge in [0.15, 0.2) is 0 Å². The molecular weight excluding hydrogens is 220 g/mol. The van der Waals surface area contributed by atoms with Gasteiger partial charge in [0.2, 0.25) is 0 Å². The highest BCUT2D eigenvalue weighted by Crippen LogP contribution is 2.35. The van der Waals surface area contributed by atoms with Gasteiger partial charge in [-0.05, 0) is 44.2 Å². The number of hydrogen-bond donors (Lipinski definition) is 0. The van der Waals surface area contributed by atoms with E-state index in [1.165, 1.54) is 17.7 Å². The van der Waals surface area contributed by atoms with E-state index >= 15 is 0 Å². The molecule has 1 aromatic rings. The molecule has 1 unspecified atom stereocenters. The molecule has 1 heterocycles. The lowest BCUT2D eigenvalue weighted by Gasteiger charge is -2.35. The largest absolute Gasteiger partial charge is 0.371 e. The Hall–Kier alpha value is -1.49. The lowest BCUT2D eigenvalue weighted by molar-refractivity contribution is 0.443. The number of fused-ring (bicyclic) bond motifs is 1. The normalized spacial score (nSPS) is 19.2. The van der Waals surface area contributed by atoms with Crippen LogP contribution in [0.3, 0.4) is 0 Å². The van der Waals surface area contributed by atoms with Crippen molar-refractivity contribution in [1.29, 1.82) is 5.26 Å². The van der Waals surface area contributed by atoms with Crippen LogP contribution in [-0.2, 0) is 0 Å². The van der Waals surface area contributed by atoms with Gasteiger partial charge in [-0.1, -0.05) is 25.1 Å². The van der Waals surface area contributed by atoms with Gasteiger partial charge in [-0.2, -0.15) is 5.26 Å². The van der Waals surface area contributed by atoms with Gasteiger partial charge in [-0.25, -0.2) is 0 Å². The lowest BCUT2D eigenvalue weighted by atomic mass is 9.88. The van der Waals surface area contributed by atoms with Gasteiger partial charge in [-0.3, -0.25) is 0 Å². The molecule has 0 aliphatic carbocycles. The van der Waals surface area contributed by atoms with Crippen LogP contribution in [0.2, 0.25) is 0 Å². The fourth-order valence-electron chi connectivity index (χ4n) is 2.52. The number of para-hydroxylation sites is 1. The third-order valence-corrected chi connectivity index (χ3v) is 3.95. The molecule has 0 aromatic heterocycles. The molecule has 2 nitrogen and oxygen atoms in total. The second-order valence-corrected chi connectivity index (χ2v) is 5.98. The Morgan fingerprint density at radius 1 is 1.39 bits per heavy atom. The third kappa shape index (κ3) is 2.67. The molecule has 0 radical (unpaired) electrons. The van der Waals surface area contributed by atoms with Crippen molar-refractivity contribution in [3.63, 3.8) is 0 Å². The smallest absolute Gasteiger partial charge is 0.0684 e. The first kappa shape index (κ1) is 13.0. The van der Waals surface area contributed by atoms with Crippen LogP contribution in [0.25, 0.3) is 0 Å². The van der Waals surface area contributed by atoms with Crippen molar-refractivity contribution in [2.24, 2.45) is 5.41 Å². The van der Waals surface area contributed by atoms with Crippen LogP contribution in [0, 0.1) is 16.7 Å². The van der Waals surface area contributed by atoms with Crippen LogP contribution in [0.4, 0.5) is 5.69 Å². The van der Waals surface area contributed by atoms with Gasteiger partial charge >= 0.3 is 0 Å². The molecule has 2 rings (SSSR count). The first-order chi connectivity index (χ1) is 8.53. The Balaban J connectivity index is 2.13. The number of nitrogens with zero attached hydrogens (tertiary/aromatic N) is 2. The van der Waals surface area contributed by atoms with Crippen LogP contribution in [0.15, 0.2) is 24.3 Å². The minimum absolute atomic E-state index is 0.224. The van der Waals surface area contributed by atoms with Crippen molar-refractivity contribution in [3.8, 4) is 6.07 Å². The summed E-state index contributed by atoms with van der Waals surface area (Å²) in [5.74, 6) is 0.654. The number of anilines is 1. The van der Waals surface area contributed by atoms with Crippen molar-refractivity contribution in [1.82, 2.24) is 0 Å². The minimum Gasteiger partial charge on any atom is -0.371 e. The third-order valence-electron chi connectivity index (χ3n) is 3.95.